The minimum Gasteiger partial charge on any atom is -0.477 e. The van der Waals surface area contributed by atoms with Gasteiger partial charge in [-0.05, 0) is 30.3 Å². The molecular weight excluding hydrogens is 408 g/mol. The monoisotopic (exact) mass is 418 g/mol. The zero-order chi connectivity index (χ0) is 20.3. The maximum Gasteiger partial charge on any atom is 0.433 e. The topological polar surface area (TPSA) is 123 Å². The summed E-state index contributed by atoms with van der Waals surface area (Å²) in [5.74, 6) is -3.28. The first-order valence-electron chi connectivity index (χ1n) is 7.70. The van der Waals surface area contributed by atoms with Crippen LogP contribution < -0.4 is 5.32 Å². The highest BCUT2D eigenvalue weighted by Gasteiger charge is 2.20. The van der Waals surface area contributed by atoms with E-state index in [9.17, 15) is 24.8 Å². The van der Waals surface area contributed by atoms with Gasteiger partial charge in [0.2, 0.25) is 0 Å². The van der Waals surface area contributed by atoms with Crippen molar-refractivity contribution in [2.75, 3.05) is 0 Å². The highest BCUT2D eigenvalue weighted by atomic mass is 35.5. The molecule has 0 saturated heterocycles. The SMILES string of the molecule is O=C(O)/C(=C\c1ccc(-c2ccccc2Cl)s1)NC(=O)c1ccc([N+](=O)[O-])o1. The summed E-state index contributed by atoms with van der Waals surface area (Å²) >= 11 is 7.46. The van der Waals surface area contributed by atoms with Crippen LogP contribution in [0, 0.1) is 10.1 Å². The number of nitrogens with one attached hydrogen (secondary N) is 1. The van der Waals surface area contributed by atoms with Crippen LogP contribution in [-0.4, -0.2) is 21.9 Å². The Morgan fingerprint density at radius 3 is 2.57 bits per heavy atom. The van der Waals surface area contributed by atoms with Gasteiger partial charge in [-0.3, -0.25) is 14.9 Å². The molecule has 0 saturated carbocycles. The first kappa shape index (κ1) is 19.3. The van der Waals surface area contributed by atoms with Crippen LogP contribution in [0.4, 0.5) is 5.88 Å². The summed E-state index contributed by atoms with van der Waals surface area (Å²) < 4.78 is 4.77. The Kier molecular flexibility index (Phi) is 5.57. The van der Waals surface area contributed by atoms with Gasteiger partial charge in [0.1, 0.15) is 10.6 Å². The van der Waals surface area contributed by atoms with Crippen LogP contribution in [0.1, 0.15) is 15.4 Å². The summed E-state index contributed by atoms with van der Waals surface area (Å²) in [4.78, 5) is 34.8. The van der Waals surface area contributed by atoms with E-state index >= 15 is 0 Å². The molecule has 3 rings (SSSR count). The van der Waals surface area contributed by atoms with E-state index in [1.54, 1.807) is 24.3 Å². The number of hydrogen-bond acceptors (Lipinski definition) is 6. The van der Waals surface area contributed by atoms with Gasteiger partial charge in [-0.2, -0.15) is 0 Å². The van der Waals surface area contributed by atoms with Crippen molar-refractivity contribution >= 4 is 46.8 Å². The molecule has 0 aliphatic rings. The molecule has 0 bridgehead atoms. The molecule has 2 aromatic heterocycles. The Bertz CT molecular complexity index is 1100. The van der Waals surface area contributed by atoms with E-state index in [1.165, 1.54) is 17.4 Å². The highest BCUT2D eigenvalue weighted by molar-refractivity contribution is 7.16. The number of hydrogen-bond donors (Lipinski definition) is 2. The Hall–Kier alpha value is -3.43. The Balaban J connectivity index is 1.83. The maximum atomic E-state index is 12.1. The van der Waals surface area contributed by atoms with Crippen molar-refractivity contribution in [1.82, 2.24) is 5.32 Å². The molecule has 0 radical (unpaired) electrons. The summed E-state index contributed by atoms with van der Waals surface area (Å²) in [7, 11) is 0. The number of benzene rings is 1. The Morgan fingerprint density at radius 2 is 1.93 bits per heavy atom. The molecule has 8 nitrogen and oxygen atoms in total. The Morgan fingerprint density at radius 1 is 1.18 bits per heavy atom. The average Bonchev–Trinajstić information content (AvgIpc) is 3.31. The fourth-order valence-electron chi connectivity index (χ4n) is 2.26. The van der Waals surface area contributed by atoms with Gasteiger partial charge in [0, 0.05) is 20.3 Å². The zero-order valence-corrected chi connectivity index (χ0v) is 15.5. The van der Waals surface area contributed by atoms with E-state index in [-0.39, 0.29) is 5.76 Å². The molecule has 28 heavy (non-hydrogen) atoms. The molecule has 0 aliphatic heterocycles. The molecule has 1 amide bonds. The number of thiophene rings is 1. The fourth-order valence-corrected chi connectivity index (χ4v) is 3.55. The number of nitro groups is 1. The highest BCUT2D eigenvalue weighted by Crippen LogP contribution is 2.33. The van der Waals surface area contributed by atoms with Crippen LogP contribution in [0.25, 0.3) is 16.5 Å². The molecule has 3 aromatic rings. The van der Waals surface area contributed by atoms with E-state index in [1.807, 2.05) is 12.1 Å². The Labute approximate surface area is 166 Å². The second-order valence-corrected chi connectivity index (χ2v) is 6.92. The van der Waals surface area contributed by atoms with Gasteiger partial charge < -0.3 is 14.8 Å². The number of amides is 1. The van der Waals surface area contributed by atoms with Crippen LogP contribution in [0.5, 0.6) is 0 Å². The third kappa shape index (κ3) is 4.27. The zero-order valence-electron chi connectivity index (χ0n) is 13.9. The minimum atomic E-state index is -1.37. The average molecular weight is 419 g/mol. The number of furan rings is 1. The molecular formula is C18H11ClN2O6S. The number of carboxylic acids is 1. The van der Waals surface area contributed by atoms with Gasteiger partial charge in [0.25, 0.3) is 5.91 Å². The summed E-state index contributed by atoms with van der Waals surface area (Å²) in [6.07, 6.45) is 1.28. The quantitative estimate of drug-likeness (QED) is 0.347. The van der Waals surface area contributed by atoms with Crippen molar-refractivity contribution in [3.63, 3.8) is 0 Å². The fraction of sp³-hybridized carbons (Fsp3) is 0. The number of carbonyl (C=O) groups excluding carboxylic acids is 1. The van der Waals surface area contributed by atoms with Gasteiger partial charge >= 0.3 is 11.9 Å². The maximum absolute atomic E-state index is 12.1. The number of aliphatic carboxylic acids is 1. The van der Waals surface area contributed by atoms with E-state index < -0.39 is 28.4 Å². The molecule has 0 unspecified atom stereocenters. The van der Waals surface area contributed by atoms with Gasteiger partial charge in [-0.15, -0.1) is 11.3 Å². The predicted molar refractivity (Wildman–Crippen MR) is 103 cm³/mol. The summed E-state index contributed by atoms with van der Waals surface area (Å²) in [6.45, 7) is 0. The summed E-state index contributed by atoms with van der Waals surface area (Å²) in [6, 6.07) is 12.8. The smallest absolute Gasteiger partial charge is 0.433 e. The van der Waals surface area contributed by atoms with Crippen LogP contribution in [-0.2, 0) is 4.79 Å². The van der Waals surface area contributed by atoms with Gasteiger partial charge in [0.05, 0.1) is 6.07 Å². The molecule has 10 heteroatoms. The van der Waals surface area contributed by atoms with Crippen molar-refractivity contribution in [3.8, 4) is 10.4 Å². The van der Waals surface area contributed by atoms with E-state index in [4.69, 9.17) is 16.0 Å². The molecule has 0 aliphatic carbocycles. The molecule has 1 aromatic carbocycles. The first-order chi connectivity index (χ1) is 13.3. The lowest BCUT2D eigenvalue weighted by molar-refractivity contribution is -0.402. The van der Waals surface area contributed by atoms with Crippen molar-refractivity contribution < 1.29 is 24.0 Å². The normalized spacial score (nSPS) is 11.2. The lowest BCUT2D eigenvalue weighted by Crippen LogP contribution is -2.26. The number of carbonyl (C=O) groups is 2. The lowest BCUT2D eigenvalue weighted by Gasteiger charge is -2.03. The summed E-state index contributed by atoms with van der Waals surface area (Å²) in [5.41, 5.74) is 0.397. The van der Waals surface area contributed by atoms with E-state index in [0.717, 1.165) is 22.6 Å². The standard InChI is InChI=1S/C18H11ClN2O6S/c19-12-4-2-1-3-11(12)15-7-5-10(28-15)9-13(18(23)24)20-17(22)14-6-8-16(27-14)21(25)26/h1-9H,(H,20,22)(H,23,24)/b13-9+. The number of nitrogens with zero attached hydrogens (tertiary/aromatic N) is 1. The van der Waals surface area contributed by atoms with Crippen molar-refractivity contribution in [2.24, 2.45) is 0 Å². The van der Waals surface area contributed by atoms with Crippen LogP contribution >= 0.6 is 22.9 Å². The van der Waals surface area contributed by atoms with Crippen molar-refractivity contribution in [1.29, 1.82) is 0 Å². The van der Waals surface area contributed by atoms with Crippen molar-refractivity contribution in [2.45, 2.75) is 0 Å². The molecule has 0 atom stereocenters. The lowest BCUT2D eigenvalue weighted by atomic mass is 10.2. The van der Waals surface area contributed by atoms with Gasteiger partial charge in [-0.1, -0.05) is 29.8 Å². The molecule has 0 fully saturated rings. The molecule has 2 N–H and O–H groups in total. The number of carboxylic acid groups (broad SMARTS) is 1. The van der Waals surface area contributed by atoms with Crippen LogP contribution in [0.3, 0.4) is 0 Å². The second-order valence-electron chi connectivity index (χ2n) is 5.39. The molecule has 2 heterocycles. The van der Waals surface area contributed by atoms with Gasteiger partial charge in [-0.25, -0.2) is 4.79 Å². The van der Waals surface area contributed by atoms with E-state index in [0.29, 0.717) is 9.90 Å². The van der Waals surface area contributed by atoms with E-state index in [2.05, 4.69) is 5.32 Å². The van der Waals surface area contributed by atoms with Crippen molar-refractivity contribution in [3.05, 3.63) is 80.0 Å². The number of rotatable bonds is 6. The second kappa shape index (κ2) is 8.07. The largest absolute Gasteiger partial charge is 0.477 e. The first-order valence-corrected chi connectivity index (χ1v) is 8.90. The van der Waals surface area contributed by atoms with Gasteiger partial charge in [0.15, 0.2) is 5.76 Å². The molecule has 142 valence electrons. The van der Waals surface area contributed by atoms with Crippen LogP contribution in [0.2, 0.25) is 5.02 Å². The number of halogens is 1. The molecule has 0 spiro atoms. The van der Waals surface area contributed by atoms with Crippen LogP contribution in [0.15, 0.2) is 58.6 Å². The minimum absolute atomic E-state index is 0.373. The predicted octanol–water partition coefficient (Wildman–Crippen LogP) is 4.43. The third-order valence-corrected chi connectivity index (χ3v) is 4.92. The third-order valence-electron chi connectivity index (χ3n) is 3.53. The summed E-state index contributed by atoms with van der Waals surface area (Å²) in [5, 5.41) is 22.7.